The molecule has 0 fully saturated rings. The van der Waals surface area contributed by atoms with Crippen LogP contribution in [0.1, 0.15) is 52.2 Å². The van der Waals surface area contributed by atoms with Crippen LogP contribution in [0.4, 0.5) is 4.79 Å². The number of aliphatic hydroxyl groups excluding tert-OH is 1. The highest BCUT2D eigenvalue weighted by atomic mass is 16.6. The molecule has 218 valence electrons. The Balaban J connectivity index is 2.31. The molecule has 2 aromatic carbocycles. The number of hydrogen-bond donors (Lipinski definition) is 6. The standard InChI is InChI=1S/C30H43N5O5/c1-19(2)25(27(38)35-28(31)32)34-26(37)22(16-20-12-8-6-9-13-20)18-24(36)23(17-21-14-10-7-11-15-21)33-29(39)40-30(3,4)5/h6-15,19,22-25,36H,16-18H2,1-5H3,(H,33,39)(H,34,37)(H4,31,32,35,38)/t22?,23?,24?,25-/m0/s1. The molecule has 0 saturated carbocycles. The summed E-state index contributed by atoms with van der Waals surface area (Å²) in [4.78, 5) is 38.9. The normalized spacial score (nSPS) is 14.4. The molecule has 2 rings (SSSR count). The summed E-state index contributed by atoms with van der Waals surface area (Å²) in [7, 11) is 0. The number of ether oxygens (including phenoxy) is 1. The van der Waals surface area contributed by atoms with Gasteiger partial charge in [0.25, 0.3) is 0 Å². The summed E-state index contributed by atoms with van der Waals surface area (Å²) in [6, 6.07) is 17.1. The van der Waals surface area contributed by atoms with Crippen molar-refractivity contribution in [2.45, 2.75) is 77.7 Å². The summed E-state index contributed by atoms with van der Waals surface area (Å²) < 4.78 is 5.43. The summed E-state index contributed by atoms with van der Waals surface area (Å²) in [5.74, 6) is -2.56. The average molecular weight is 554 g/mol. The van der Waals surface area contributed by atoms with Crippen LogP contribution in [0.25, 0.3) is 0 Å². The number of aliphatic hydroxyl groups is 1. The lowest BCUT2D eigenvalue weighted by molar-refractivity contribution is -0.132. The zero-order valence-electron chi connectivity index (χ0n) is 23.9. The van der Waals surface area contributed by atoms with Crippen LogP contribution in [0.3, 0.4) is 0 Å². The van der Waals surface area contributed by atoms with Crippen LogP contribution < -0.4 is 21.7 Å². The molecule has 0 heterocycles. The van der Waals surface area contributed by atoms with Gasteiger partial charge in [0.2, 0.25) is 11.8 Å². The van der Waals surface area contributed by atoms with Gasteiger partial charge in [0, 0.05) is 5.92 Å². The molecular weight excluding hydrogens is 510 g/mol. The van der Waals surface area contributed by atoms with Gasteiger partial charge in [-0.25, -0.2) is 4.79 Å². The largest absolute Gasteiger partial charge is 0.444 e. The third kappa shape index (κ3) is 11.4. The number of nitrogens with two attached hydrogens (primary N) is 1. The van der Waals surface area contributed by atoms with E-state index in [0.29, 0.717) is 12.8 Å². The van der Waals surface area contributed by atoms with Gasteiger partial charge in [0.05, 0.1) is 12.1 Å². The van der Waals surface area contributed by atoms with Crippen molar-refractivity contribution in [3.63, 3.8) is 0 Å². The number of alkyl carbamates (subject to hydrolysis) is 1. The van der Waals surface area contributed by atoms with Crippen LogP contribution >= 0.6 is 0 Å². The lowest BCUT2D eigenvalue weighted by Crippen LogP contribution is -2.54. The van der Waals surface area contributed by atoms with Gasteiger partial charge >= 0.3 is 6.09 Å². The Morgan fingerprint density at radius 3 is 1.90 bits per heavy atom. The quantitative estimate of drug-likeness (QED) is 0.175. The molecular formula is C30H43N5O5. The minimum Gasteiger partial charge on any atom is -0.444 e. The highest BCUT2D eigenvalue weighted by molar-refractivity contribution is 5.99. The first-order valence-corrected chi connectivity index (χ1v) is 13.5. The second kappa shape index (κ2) is 15.0. The van der Waals surface area contributed by atoms with E-state index in [9.17, 15) is 19.5 Å². The summed E-state index contributed by atoms with van der Waals surface area (Å²) in [5, 5.41) is 26.6. The maximum absolute atomic E-state index is 13.6. The monoisotopic (exact) mass is 553 g/mol. The van der Waals surface area contributed by atoms with Gasteiger partial charge in [0.15, 0.2) is 5.96 Å². The molecule has 0 spiro atoms. The minimum absolute atomic E-state index is 0.00711. The van der Waals surface area contributed by atoms with E-state index in [4.69, 9.17) is 15.9 Å². The Labute approximate surface area is 236 Å². The second-order valence-corrected chi connectivity index (χ2v) is 11.3. The number of nitrogens with one attached hydrogen (secondary N) is 4. The number of carbonyl (C=O) groups is 3. The van der Waals surface area contributed by atoms with Crippen LogP contribution in [0.2, 0.25) is 0 Å². The van der Waals surface area contributed by atoms with Gasteiger partial charge in [-0.15, -0.1) is 0 Å². The fourth-order valence-electron chi connectivity index (χ4n) is 4.26. The highest BCUT2D eigenvalue weighted by Crippen LogP contribution is 2.20. The minimum atomic E-state index is -1.12. The number of benzene rings is 2. The SMILES string of the molecule is CC(C)[C@H](NC(=O)C(Cc1ccccc1)CC(O)C(Cc1ccccc1)NC(=O)OC(C)(C)C)C(=O)NC(=N)N. The molecule has 0 bridgehead atoms. The molecule has 0 saturated heterocycles. The molecule has 0 aliphatic rings. The van der Waals surface area contributed by atoms with Crippen molar-refractivity contribution in [2.75, 3.05) is 0 Å². The van der Waals surface area contributed by atoms with E-state index in [2.05, 4.69) is 16.0 Å². The average Bonchev–Trinajstić information content (AvgIpc) is 2.85. The predicted molar refractivity (Wildman–Crippen MR) is 154 cm³/mol. The van der Waals surface area contributed by atoms with E-state index in [1.54, 1.807) is 34.6 Å². The third-order valence-electron chi connectivity index (χ3n) is 6.19. The maximum atomic E-state index is 13.6. The zero-order chi connectivity index (χ0) is 29.9. The molecule has 10 nitrogen and oxygen atoms in total. The lowest BCUT2D eigenvalue weighted by Gasteiger charge is -2.30. The van der Waals surface area contributed by atoms with Crippen molar-refractivity contribution < 1.29 is 24.2 Å². The van der Waals surface area contributed by atoms with Gasteiger partial charge in [0.1, 0.15) is 11.6 Å². The van der Waals surface area contributed by atoms with Gasteiger partial charge in [-0.05, 0) is 57.1 Å². The van der Waals surface area contributed by atoms with Crippen LogP contribution in [0.15, 0.2) is 60.7 Å². The molecule has 2 aromatic rings. The van der Waals surface area contributed by atoms with Gasteiger partial charge in [-0.3, -0.25) is 20.3 Å². The van der Waals surface area contributed by atoms with E-state index in [-0.39, 0.29) is 12.3 Å². The Hall–Kier alpha value is -3.92. The van der Waals surface area contributed by atoms with E-state index in [0.717, 1.165) is 11.1 Å². The number of rotatable bonds is 12. The van der Waals surface area contributed by atoms with E-state index in [1.165, 1.54) is 0 Å². The second-order valence-electron chi connectivity index (χ2n) is 11.3. The van der Waals surface area contributed by atoms with Crippen molar-refractivity contribution in [2.24, 2.45) is 17.6 Å². The highest BCUT2D eigenvalue weighted by Gasteiger charge is 2.32. The molecule has 7 N–H and O–H groups in total. The number of carbonyl (C=O) groups excluding carboxylic acids is 3. The van der Waals surface area contributed by atoms with Crippen molar-refractivity contribution in [1.82, 2.24) is 16.0 Å². The first kappa shape index (κ1) is 32.3. The number of amides is 3. The maximum Gasteiger partial charge on any atom is 0.407 e. The third-order valence-corrected chi connectivity index (χ3v) is 6.19. The Kier molecular flexibility index (Phi) is 12.1. The predicted octanol–water partition coefficient (Wildman–Crippen LogP) is 2.88. The zero-order valence-corrected chi connectivity index (χ0v) is 23.9. The Morgan fingerprint density at radius 2 is 1.43 bits per heavy atom. The van der Waals surface area contributed by atoms with Gasteiger partial charge in [-0.2, -0.15) is 0 Å². The first-order chi connectivity index (χ1) is 18.7. The van der Waals surface area contributed by atoms with Crippen LogP contribution in [0, 0.1) is 17.2 Å². The summed E-state index contributed by atoms with van der Waals surface area (Å²) >= 11 is 0. The van der Waals surface area contributed by atoms with Gasteiger partial charge in [-0.1, -0.05) is 74.5 Å². The summed E-state index contributed by atoms with van der Waals surface area (Å²) in [6.45, 7) is 8.80. The summed E-state index contributed by atoms with van der Waals surface area (Å²) in [6.07, 6.45) is -1.16. The molecule has 4 atom stereocenters. The molecule has 0 radical (unpaired) electrons. The van der Waals surface area contributed by atoms with Crippen LogP contribution in [-0.4, -0.2) is 52.8 Å². The summed E-state index contributed by atoms with van der Waals surface area (Å²) in [5.41, 5.74) is 6.37. The topological polar surface area (TPSA) is 167 Å². The van der Waals surface area contributed by atoms with Gasteiger partial charge < -0.3 is 26.2 Å². The Bertz CT molecular complexity index is 1120. The molecule has 10 heteroatoms. The number of hydrogen-bond acceptors (Lipinski definition) is 6. The molecule has 0 aliphatic heterocycles. The molecule has 0 aromatic heterocycles. The van der Waals surface area contributed by atoms with Crippen molar-refractivity contribution in [3.05, 3.63) is 71.8 Å². The molecule has 40 heavy (non-hydrogen) atoms. The van der Waals surface area contributed by atoms with Crippen molar-refractivity contribution >= 4 is 23.9 Å². The molecule has 3 unspecified atom stereocenters. The van der Waals surface area contributed by atoms with Crippen molar-refractivity contribution in [1.29, 1.82) is 5.41 Å². The fraction of sp³-hybridized carbons (Fsp3) is 0.467. The van der Waals surface area contributed by atoms with Crippen LogP contribution in [-0.2, 0) is 27.2 Å². The van der Waals surface area contributed by atoms with E-state index in [1.807, 2.05) is 60.7 Å². The number of guanidine groups is 1. The van der Waals surface area contributed by atoms with Crippen molar-refractivity contribution in [3.8, 4) is 0 Å². The molecule has 3 amide bonds. The van der Waals surface area contributed by atoms with E-state index < -0.39 is 53.6 Å². The molecule has 0 aliphatic carbocycles. The Morgan fingerprint density at radius 1 is 0.900 bits per heavy atom. The fourth-order valence-corrected chi connectivity index (χ4v) is 4.26. The van der Waals surface area contributed by atoms with Crippen LogP contribution in [0.5, 0.6) is 0 Å². The van der Waals surface area contributed by atoms with E-state index >= 15 is 0 Å². The first-order valence-electron chi connectivity index (χ1n) is 13.5. The smallest absolute Gasteiger partial charge is 0.407 e. The lowest BCUT2D eigenvalue weighted by atomic mass is 9.88.